The highest BCUT2D eigenvalue weighted by atomic mass is 16.1. The summed E-state index contributed by atoms with van der Waals surface area (Å²) in [5.74, 6) is 0. The van der Waals surface area contributed by atoms with Crippen LogP contribution in [0.1, 0.15) is 29.1 Å². The molecular formula is C7H17NO. The monoisotopic (exact) mass is 131 g/mol. The minimum absolute atomic E-state index is 0. The van der Waals surface area contributed by atoms with Crippen LogP contribution in [0.4, 0.5) is 0 Å². The van der Waals surface area contributed by atoms with Crippen LogP contribution in [0.3, 0.4) is 0 Å². The molecule has 0 unspecified atom stereocenters. The van der Waals surface area contributed by atoms with E-state index in [1.807, 2.05) is 13.8 Å². The van der Waals surface area contributed by atoms with Gasteiger partial charge < -0.3 is 5.73 Å². The molecular weight excluding hydrogens is 114 g/mol. The number of nitrogens with two attached hydrogens (primary N) is 1. The summed E-state index contributed by atoms with van der Waals surface area (Å²) in [6.07, 6.45) is 0.648. The van der Waals surface area contributed by atoms with E-state index in [1.165, 1.54) is 0 Å². The average molecular weight is 131 g/mol. The van der Waals surface area contributed by atoms with Gasteiger partial charge in [0.05, 0.1) is 5.70 Å². The zero-order chi connectivity index (χ0) is 7.86. The molecule has 9 heavy (non-hydrogen) atoms. The summed E-state index contributed by atoms with van der Waals surface area (Å²) in [5.41, 5.74) is 6.33. The lowest BCUT2D eigenvalue weighted by Crippen LogP contribution is -1.99. The van der Waals surface area contributed by atoms with Gasteiger partial charge in [0.2, 0.25) is 0 Å². The molecule has 0 radical (unpaired) electrons. The number of carbonyl (C=O) groups is 1. The normalized spacial score (nSPS) is 6.67. The van der Waals surface area contributed by atoms with Gasteiger partial charge in [0.25, 0.3) is 0 Å². The Hall–Kier alpha value is -0.790. The zero-order valence-electron chi connectivity index (χ0n) is 6.56. The number of hydrogen-bond acceptors (Lipinski definition) is 2. The van der Waals surface area contributed by atoms with E-state index < -0.39 is 0 Å². The van der Waals surface area contributed by atoms with Crippen molar-refractivity contribution in [1.82, 2.24) is 0 Å². The fourth-order valence-electron chi connectivity index (χ4n) is 0.118. The van der Waals surface area contributed by atoms with Gasteiger partial charge in [-0.1, -0.05) is 19.4 Å². The second-order valence-electron chi connectivity index (χ2n) is 1.57. The molecule has 0 bridgehead atoms. The van der Waals surface area contributed by atoms with Crippen LogP contribution in [0, 0.1) is 0 Å². The third-order valence-corrected chi connectivity index (χ3v) is 0.704. The van der Waals surface area contributed by atoms with Gasteiger partial charge in [0.1, 0.15) is 0 Å². The second kappa shape index (κ2) is 7.21. The molecule has 2 heteroatoms. The molecule has 0 aliphatic rings. The Morgan fingerprint density at radius 1 is 1.44 bits per heavy atom. The largest absolute Gasteiger partial charge is 0.396 e. The van der Waals surface area contributed by atoms with Crippen molar-refractivity contribution in [2.24, 2.45) is 5.73 Å². The molecule has 0 aromatic rings. The van der Waals surface area contributed by atoms with E-state index in [0.29, 0.717) is 12.0 Å². The summed E-state index contributed by atoms with van der Waals surface area (Å²) in [6.45, 7) is 7.59. The number of carbonyl (C=O) groups excluding carboxylic acids is 1. The van der Waals surface area contributed by atoms with Crippen molar-refractivity contribution in [3.05, 3.63) is 11.3 Å². The summed E-state index contributed by atoms with van der Waals surface area (Å²) in [6, 6.07) is 0. The van der Waals surface area contributed by atoms with Crippen molar-refractivity contribution < 1.29 is 6.22 Å². The highest BCUT2D eigenvalue weighted by molar-refractivity contribution is 5.72. The summed E-state index contributed by atoms with van der Waals surface area (Å²) >= 11 is 0. The Kier molecular flexibility index (Phi) is 8.87. The fourth-order valence-corrected chi connectivity index (χ4v) is 0.118. The van der Waals surface area contributed by atoms with E-state index >= 15 is 0 Å². The molecule has 0 aliphatic carbocycles. The van der Waals surface area contributed by atoms with Crippen LogP contribution in [-0.4, -0.2) is 6.29 Å². The van der Waals surface area contributed by atoms with Crippen molar-refractivity contribution in [2.45, 2.75) is 27.7 Å². The van der Waals surface area contributed by atoms with Gasteiger partial charge in [0.15, 0.2) is 6.29 Å². The Balaban J connectivity index is -0.000000149. The first-order chi connectivity index (χ1) is 4.18. The molecule has 0 aromatic heterocycles. The molecule has 0 aliphatic heterocycles. The van der Waals surface area contributed by atoms with E-state index in [9.17, 15) is 4.79 Å². The maximum atomic E-state index is 9.76. The molecule has 0 heterocycles. The molecule has 0 saturated carbocycles. The second-order valence-corrected chi connectivity index (χ2v) is 1.57. The lowest BCUT2D eigenvalue weighted by molar-refractivity contribution is -0.105. The maximum absolute atomic E-state index is 9.76. The van der Waals surface area contributed by atoms with E-state index in [2.05, 4.69) is 0 Å². The molecule has 0 atom stereocenters. The van der Waals surface area contributed by atoms with Gasteiger partial charge in [0, 0.05) is 1.43 Å². The Bertz CT molecular complexity index is 106. The molecule has 2 nitrogen and oxygen atoms in total. The first-order valence-corrected chi connectivity index (χ1v) is 3.06. The van der Waals surface area contributed by atoms with E-state index in [1.54, 1.807) is 13.8 Å². The number of aldehydes is 1. The quantitative estimate of drug-likeness (QED) is 0.435. The number of allylic oxidation sites excluding steroid dienone is 2. The van der Waals surface area contributed by atoms with Crippen LogP contribution >= 0.6 is 0 Å². The molecule has 0 amide bonds. The fraction of sp³-hybridized carbons (Fsp3) is 0.571. The van der Waals surface area contributed by atoms with Crippen molar-refractivity contribution >= 4 is 6.29 Å². The molecule has 0 aromatic carbocycles. The summed E-state index contributed by atoms with van der Waals surface area (Å²) < 4.78 is 0. The van der Waals surface area contributed by atoms with Crippen molar-refractivity contribution in [2.75, 3.05) is 0 Å². The van der Waals surface area contributed by atoms with Crippen molar-refractivity contribution in [3.8, 4) is 0 Å². The third kappa shape index (κ3) is 7.21. The molecule has 0 spiro atoms. The van der Waals surface area contributed by atoms with Gasteiger partial charge in [-0.15, -0.1) is 0 Å². The first-order valence-electron chi connectivity index (χ1n) is 3.06. The number of rotatable bonds is 1. The van der Waals surface area contributed by atoms with Gasteiger partial charge in [-0.2, -0.15) is 0 Å². The highest BCUT2D eigenvalue weighted by Gasteiger charge is 1.83. The van der Waals surface area contributed by atoms with Crippen LogP contribution in [-0.2, 0) is 4.79 Å². The Morgan fingerprint density at radius 3 is 1.78 bits per heavy atom. The Morgan fingerprint density at radius 2 is 1.78 bits per heavy atom. The van der Waals surface area contributed by atoms with Crippen LogP contribution in [0.15, 0.2) is 11.3 Å². The smallest absolute Gasteiger partial charge is 0.165 e. The summed E-state index contributed by atoms with van der Waals surface area (Å²) in [5, 5.41) is 0. The van der Waals surface area contributed by atoms with E-state index in [4.69, 9.17) is 5.73 Å². The molecule has 0 rings (SSSR count). The van der Waals surface area contributed by atoms with Crippen molar-refractivity contribution in [3.63, 3.8) is 0 Å². The van der Waals surface area contributed by atoms with Gasteiger partial charge in [-0.05, 0) is 13.8 Å². The van der Waals surface area contributed by atoms with Crippen LogP contribution in [0.5, 0.6) is 0 Å². The minimum Gasteiger partial charge on any atom is -0.396 e. The van der Waals surface area contributed by atoms with Crippen LogP contribution in [0.2, 0.25) is 0 Å². The van der Waals surface area contributed by atoms with E-state index in [-0.39, 0.29) is 1.43 Å². The van der Waals surface area contributed by atoms with Crippen LogP contribution < -0.4 is 5.73 Å². The van der Waals surface area contributed by atoms with Gasteiger partial charge in [-0.25, -0.2) is 0 Å². The molecule has 0 saturated heterocycles. The summed E-state index contributed by atoms with van der Waals surface area (Å²) in [7, 11) is 0. The van der Waals surface area contributed by atoms with Crippen molar-refractivity contribution in [1.29, 1.82) is 0 Å². The standard InChI is InChI=1S/C5H9NO.C2H6.H2/c1-4(2)5(6)3-7;1-2;/h3H,6H2,1-2H3;1-2H3;1H. The van der Waals surface area contributed by atoms with Gasteiger partial charge >= 0.3 is 0 Å². The number of hydrogen-bond donors (Lipinski definition) is 1. The lowest BCUT2D eigenvalue weighted by Gasteiger charge is -1.87. The topological polar surface area (TPSA) is 43.1 Å². The third-order valence-electron chi connectivity index (χ3n) is 0.704. The predicted octanol–water partition coefficient (Wildman–Crippen LogP) is 1.71. The zero-order valence-corrected chi connectivity index (χ0v) is 6.56. The Labute approximate surface area is 58.2 Å². The average Bonchev–Trinajstić information content (AvgIpc) is 1.91. The minimum atomic E-state index is 0. The van der Waals surface area contributed by atoms with Crippen LogP contribution in [0.25, 0.3) is 0 Å². The SMILES string of the molecule is CC.CC(C)=C(N)C=O.[HH]. The van der Waals surface area contributed by atoms with Gasteiger partial charge in [-0.3, -0.25) is 4.79 Å². The lowest BCUT2D eigenvalue weighted by atomic mass is 10.3. The van der Waals surface area contributed by atoms with E-state index in [0.717, 1.165) is 5.57 Å². The summed E-state index contributed by atoms with van der Waals surface area (Å²) in [4.78, 5) is 9.76. The molecule has 2 N–H and O–H groups in total. The predicted molar refractivity (Wildman–Crippen MR) is 42.1 cm³/mol. The maximum Gasteiger partial charge on any atom is 0.165 e. The molecule has 0 fully saturated rings. The highest BCUT2D eigenvalue weighted by Crippen LogP contribution is 1.89. The molecule has 56 valence electrons. The first kappa shape index (κ1) is 11.1.